The first-order valence-electron chi connectivity index (χ1n) is 7.13. The Kier molecular flexibility index (Phi) is 5.54. The lowest BCUT2D eigenvalue weighted by Gasteiger charge is -2.22. The van der Waals surface area contributed by atoms with Gasteiger partial charge in [0.15, 0.2) is 18.2 Å². The van der Waals surface area contributed by atoms with Gasteiger partial charge in [0.05, 0.1) is 0 Å². The van der Waals surface area contributed by atoms with E-state index in [-0.39, 0.29) is 11.8 Å². The Balaban J connectivity index is 1.71. The summed E-state index contributed by atoms with van der Waals surface area (Å²) in [6.45, 7) is -0.404. The van der Waals surface area contributed by atoms with Crippen LogP contribution in [0.3, 0.4) is 0 Å². The number of hydrogen-bond acceptors (Lipinski definition) is 3. The fourth-order valence-corrected chi connectivity index (χ4v) is 2.34. The molecule has 1 aromatic carbocycles. The number of carbonyl (C=O) groups excluding carboxylic acids is 2. The van der Waals surface area contributed by atoms with Gasteiger partial charge in [0.2, 0.25) is 0 Å². The van der Waals surface area contributed by atoms with E-state index in [1.807, 2.05) is 0 Å². The van der Waals surface area contributed by atoms with Gasteiger partial charge in [-0.15, -0.1) is 0 Å². The van der Waals surface area contributed by atoms with E-state index in [0.29, 0.717) is 0 Å². The van der Waals surface area contributed by atoms with Gasteiger partial charge in [-0.2, -0.15) is 0 Å². The van der Waals surface area contributed by atoms with E-state index in [1.165, 1.54) is 24.6 Å². The Morgan fingerprint density at radius 3 is 2.62 bits per heavy atom. The van der Waals surface area contributed by atoms with Gasteiger partial charge in [-0.3, -0.25) is 10.1 Å². The minimum atomic E-state index is -0.605. The third kappa shape index (κ3) is 5.06. The van der Waals surface area contributed by atoms with Gasteiger partial charge in [0.1, 0.15) is 0 Å². The van der Waals surface area contributed by atoms with E-state index in [4.69, 9.17) is 4.74 Å². The van der Waals surface area contributed by atoms with Crippen LogP contribution >= 0.6 is 0 Å². The quantitative estimate of drug-likeness (QED) is 0.896. The van der Waals surface area contributed by atoms with Crippen molar-refractivity contribution in [1.29, 1.82) is 0 Å². The van der Waals surface area contributed by atoms with E-state index in [9.17, 15) is 14.0 Å². The summed E-state index contributed by atoms with van der Waals surface area (Å²) < 4.78 is 18.3. The zero-order chi connectivity index (χ0) is 15.1. The zero-order valence-electron chi connectivity index (χ0n) is 11.7. The highest BCUT2D eigenvalue weighted by Crippen LogP contribution is 2.17. The Morgan fingerprint density at radius 2 is 1.90 bits per heavy atom. The summed E-state index contributed by atoms with van der Waals surface area (Å²) in [6, 6.07) is 5.39. The van der Waals surface area contributed by atoms with Crippen LogP contribution in [0, 0.1) is 5.82 Å². The molecule has 2 N–H and O–H groups in total. The van der Waals surface area contributed by atoms with Crippen LogP contribution in [-0.4, -0.2) is 24.6 Å². The Labute approximate surface area is 122 Å². The lowest BCUT2D eigenvalue weighted by molar-refractivity contribution is -0.122. The van der Waals surface area contributed by atoms with Crippen LogP contribution < -0.4 is 15.4 Å². The van der Waals surface area contributed by atoms with Crippen molar-refractivity contribution in [3.8, 4) is 5.75 Å². The molecule has 0 aromatic heterocycles. The standard InChI is InChI=1S/C15H19FN2O3/c16-12-8-4-5-9-13(12)21-10-14(19)18-15(20)17-11-6-2-1-3-7-11/h4-5,8-9,11H,1-3,6-7,10H2,(H2,17,18,19,20). The van der Waals surface area contributed by atoms with Gasteiger partial charge >= 0.3 is 6.03 Å². The second-order valence-electron chi connectivity index (χ2n) is 5.08. The van der Waals surface area contributed by atoms with Crippen LogP contribution in [0.2, 0.25) is 0 Å². The smallest absolute Gasteiger partial charge is 0.321 e. The van der Waals surface area contributed by atoms with Crippen molar-refractivity contribution < 1.29 is 18.7 Å². The average molecular weight is 294 g/mol. The second kappa shape index (κ2) is 7.61. The van der Waals surface area contributed by atoms with E-state index in [1.54, 1.807) is 6.07 Å². The number of halogens is 1. The van der Waals surface area contributed by atoms with Crippen molar-refractivity contribution in [2.24, 2.45) is 0 Å². The minimum absolute atomic E-state index is 0.0136. The molecule has 0 bridgehead atoms. The molecule has 5 nitrogen and oxygen atoms in total. The molecule has 1 aliphatic rings. The topological polar surface area (TPSA) is 67.4 Å². The number of hydrogen-bond donors (Lipinski definition) is 2. The number of amides is 3. The summed E-state index contributed by atoms with van der Waals surface area (Å²) in [6.07, 6.45) is 5.25. The van der Waals surface area contributed by atoms with Crippen LogP contribution in [0.25, 0.3) is 0 Å². The molecule has 0 spiro atoms. The largest absolute Gasteiger partial charge is 0.481 e. The Bertz CT molecular complexity index is 501. The average Bonchev–Trinajstić information content (AvgIpc) is 2.47. The third-order valence-corrected chi connectivity index (χ3v) is 3.39. The molecule has 1 saturated carbocycles. The first-order chi connectivity index (χ1) is 10.1. The SMILES string of the molecule is O=C(COc1ccccc1F)NC(=O)NC1CCCCC1. The number of nitrogens with one attached hydrogen (secondary N) is 2. The van der Waals surface area contributed by atoms with Crippen molar-refractivity contribution in [2.75, 3.05) is 6.61 Å². The molecule has 0 atom stereocenters. The van der Waals surface area contributed by atoms with Crippen molar-refractivity contribution in [3.05, 3.63) is 30.1 Å². The normalized spacial score (nSPS) is 15.3. The Hall–Kier alpha value is -2.11. The van der Waals surface area contributed by atoms with E-state index in [2.05, 4.69) is 10.6 Å². The van der Waals surface area contributed by atoms with Crippen LogP contribution in [0.15, 0.2) is 24.3 Å². The van der Waals surface area contributed by atoms with Gasteiger partial charge in [0.25, 0.3) is 5.91 Å². The maximum Gasteiger partial charge on any atom is 0.321 e. The molecule has 6 heteroatoms. The number of carbonyl (C=O) groups is 2. The summed E-state index contributed by atoms with van der Waals surface area (Å²) in [7, 11) is 0. The fourth-order valence-electron chi connectivity index (χ4n) is 2.34. The molecule has 2 rings (SSSR count). The lowest BCUT2D eigenvalue weighted by Crippen LogP contribution is -2.46. The molecule has 0 unspecified atom stereocenters. The zero-order valence-corrected chi connectivity index (χ0v) is 11.7. The maximum absolute atomic E-state index is 13.3. The molecule has 1 aromatic rings. The van der Waals surface area contributed by atoms with Crippen molar-refractivity contribution >= 4 is 11.9 Å². The third-order valence-electron chi connectivity index (χ3n) is 3.39. The van der Waals surface area contributed by atoms with Gasteiger partial charge in [-0.25, -0.2) is 9.18 Å². The first-order valence-corrected chi connectivity index (χ1v) is 7.13. The fraction of sp³-hybridized carbons (Fsp3) is 0.467. The molecule has 1 fully saturated rings. The molecule has 114 valence electrons. The van der Waals surface area contributed by atoms with Crippen LogP contribution in [0.4, 0.5) is 9.18 Å². The van der Waals surface area contributed by atoms with Crippen molar-refractivity contribution in [3.63, 3.8) is 0 Å². The molecular weight excluding hydrogens is 275 g/mol. The van der Waals surface area contributed by atoms with Crippen LogP contribution in [0.5, 0.6) is 5.75 Å². The molecule has 0 aliphatic heterocycles. The van der Waals surface area contributed by atoms with Crippen molar-refractivity contribution in [1.82, 2.24) is 10.6 Å². The van der Waals surface area contributed by atoms with E-state index < -0.39 is 24.4 Å². The van der Waals surface area contributed by atoms with Crippen LogP contribution in [-0.2, 0) is 4.79 Å². The molecule has 21 heavy (non-hydrogen) atoms. The molecule has 1 aliphatic carbocycles. The van der Waals surface area contributed by atoms with Gasteiger partial charge in [0, 0.05) is 6.04 Å². The van der Waals surface area contributed by atoms with Gasteiger partial charge < -0.3 is 10.1 Å². The number of ether oxygens (including phenoxy) is 1. The monoisotopic (exact) mass is 294 g/mol. The Morgan fingerprint density at radius 1 is 1.19 bits per heavy atom. The van der Waals surface area contributed by atoms with E-state index in [0.717, 1.165) is 25.7 Å². The van der Waals surface area contributed by atoms with Gasteiger partial charge in [-0.05, 0) is 25.0 Å². The molecule has 3 amide bonds. The summed E-state index contributed by atoms with van der Waals surface area (Å²) in [5, 5.41) is 4.94. The van der Waals surface area contributed by atoms with Crippen molar-refractivity contribution in [2.45, 2.75) is 38.1 Å². The van der Waals surface area contributed by atoms with Crippen LogP contribution in [0.1, 0.15) is 32.1 Å². The summed E-state index contributed by atoms with van der Waals surface area (Å²) in [4.78, 5) is 23.2. The summed E-state index contributed by atoms with van der Waals surface area (Å²) in [5.41, 5.74) is 0. The maximum atomic E-state index is 13.3. The van der Waals surface area contributed by atoms with E-state index >= 15 is 0 Å². The number of rotatable bonds is 4. The number of urea groups is 1. The molecule has 0 saturated heterocycles. The first kappa shape index (κ1) is 15.3. The lowest BCUT2D eigenvalue weighted by atomic mass is 9.96. The van der Waals surface area contributed by atoms with Gasteiger partial charge in [-0.1, -0.05) is 31.4 Å². The molecule has 0 heterocycles. The highest BCUT2D eigenvalue weighted by molar-refractivity contribution is 5.95. The highest BCUT2D eigenvalue weighted by Gasteiger charge is 2.17. The molecule has 0 radical (unpaired) electrons. The minimum Gasteiger partial charge on any atom is -0.481 e. The number of benzene rings is 1. The predicted molar refractivity (Wildman–Crippen MR) is 75.4 cm³/mol. The predicted octanol–water partition coefficient (Wildman–Crippen LogP) is 2.36. The number of para-hydroxylation sites is 1. The summed E-state index contributed by atoms with van der Waals surface area (Å²) >= 11 is 0. The number of imide groups is 1. The second-order valence-corrected chi connectivity index (χ2v) is 5.08. The molecular formula is C15H19FN2O3. The summed E-state index contributed by atoms with van der Waals surface area (Å²) in [5.74, 6) is -1.16. The highest BCUT2D eigenvalue weighted by atomic mass is 19.1.